The molecule has 0 aliphatic carbocycles. The Kier molecular flexibility index (Phi) is 6.64. The molecule has 3 rings (SSSR count). The number of amides is 1. The molecule has 0 aliphatic rings. The van der Waals surface area contributed by atoms with E-state index in [0.717, 1.165) is 0 Å². The van der Waals surface area contributed by atoms with E-state index in [-0.39, 0.29) is 16.7 Å². The summed E-state index contributed by atoms with van der Waals surface area (Å²) in [5.74, 6) is -2.38. The highest BCUT2D eigenvalue weighted by Crippen LogP contribution is 2.35. The van der Waals surface area contributed by atoms with E-state index in [2.05, 4.69) is 15.3 Å². The number of hydrogen-bond donors (Lipinski definition) is 1. The van der Waals surface area contributed by atoms with Gasteiger partial charge in [-0.25, -0.2) is 9.97 Å². The van der Waals surface area contributed by atoms with Crippen molar-refractivity contribution < 1.29 is 27.1 Å². The number of aromatic nitrogens is 2. The van der Waals surface area contributed by atoms with Crippen LogP contribution in [0.3, 0.4) is 0 Å². The summed E-state index contributed by atoms with van der Waals surface area (Å²) < 4.78 is 50.2. The van der Waals surface area contributed by atoms with Crippen molar-refractivity contribution in [3.8, 4) is 11.5 Å². The molecule has 2 heterocycles. The third-order valence-corrected chi connectivity index (χ3v) is 4.32. The number of anilines is 2. The zero-order chi connectivity index (χ0) is 22.6. The van der Waals surface area contributed by atoms with Crippen molar-refractivity contribution in [1.29, 1.82) is 0 Å². The fourth-order valence-corrected chi connectivity index (χ4v) is 2.69. The minimum Gasteiger partial charge on any atom is -0.431 e. The maximum Gasteiger partial charge on any atom is 0.452 e. The van der Waals surface area contributed by atoms with Crippen LogP contribution in [0.15, 0.2) is 47.0 Å². The van der Waals surface area contributed by atoms with Gasteiger partial charge in [-0.3, -0.25) is 4.79 Å². The van der Waals surface area contributed by atoms with E-state index in [9.17, 15) is 18.0 Å². The zero-order valence-electron chi connectivity index (χ0n) is 16.7. The molecule has 0 saturated carbocycles. The fourth-order valence-electron chi connectivity index (χ4n) is 2.69. The van der Waals surface area contributed by atoms with Crippen molar-refractivity contribution in [3.05, 3.63) is 54.0 Å². The van der Waals surface area contributed by atoms with Gasteiger partial charge in [0.25, 0.3) is 5.91 Å². The molecule has 0 atom stereocenters. The molecule has 160 valence electrons. The van der Waals surface area contributed by atoms with Crippen LogP contribution >= 0.6 is 0 Å². The van der Waals surface area contributed by atoms with Crippen LogP contribution in [0.1, 0.15) is 16.2 Å². The van der Waals surface area contributed by atoms with Crippen molar-refractivity contribution in [3.63, 3.8) is 0 Å². The van der Waals surface area contributed by atoms with Crippen molar-refractivity contribution in [2.24, 2.45) is 0 Å². The molecule has 11 heteroatoms. The summed E-state index contributed by atoms with van der Waals surface area (Å²) in [5.41, 5.74) is -0.378. The number of alkyl halides is 3. The molecule has 0 aliphatic heterocycles. The van der Waals surface area contributed by atoms with Crippen LogP contribution in [0.4, 0.5) is 24.7 Å². The first-order valence-electron chi connectivity index (χ1n) is 9.11. The zero-order valence-corrected chi connectivity index (χ0v) is 16.7. The number of nitrogens with zero attached hydrogens (tertiary/aromatic N) is 3. The summed E-state index contributed by atoms with van der Waals surface area (Å²) in [4.78, 5) is 22.3. The number of rotatable bonds is 7. The lowest BCUT2D eigenvalue weighted by Crippen LogP contribution is -2.23. The van der Waals surface area contributed by atoms with Gasteiger partial charge in [0.15, 0.2) is 5.69 Å². The Morgan fingerprint density at radius 2 is 2.00 bits per heavy atom. The Morgan fingerprint density at radius 1 is 1.26 bits per heavy atom. The summed E-state index contributed by atoms with van der Waals surface area (Å²) >= 11 is 0. The van der Waals surface area contributed by atoms with Crippen LogP contribution in [0.5, 0.6) is 0 Å². The van der Waals surface area contributed by atoms with E-state index >= 15 is 0 Å². The standard InChI is InChI=1S/C20H18BF3N4O3/c1-28(9-10-30-2)15-8-7-12(11-25-15)26-18(29)16-17(20(22,23)24)31-19(27-16)13-5-3-4-6-14(13)21/h3-8,11H,9-10H2,1-2H3,(H,26,29). The van der Waals surface area contributed by atoms with Gasteiger partial charge in [-0.2, -0.15) is 13.2 Å². The molecule has 1 amide bonds. The van der Waals surface area contributed by atoms with Crippen molar-refractivity contribution >= 4 is 30.7 Å². The molecule has 31 heavy (non-hydrogen) atoms. The first-order valence-corrected chi connectivity index (χ1v) is 9.11. The highest BCUT2D eigenvalue weighted by molar-refractivity contribution is 6.35. The van der Waals surface area contributed by atoms with Gasteiger partial charge in [-0.05, 0) is 12.1 Å². The molecule has 0 unspecified atom stereocenters. The number of nitrogens with one attached hydrogen (secondary N) is 1. The van der Waals surface area contributed by atoms with E-state index < -0.39 is 29.4 Å². The van der Waals surface area contributed by atoms with Gasteiger partial charge in [0.05, 0.1) is 18.5 Å². The van der Waals surface area contributed by atoms with E-state index in [1.54, 1.807) is 32.4 Å². The van der Waals surface area contributed by atoms with Crippen LogP contribution in [0, 0.1) is 0 Å². The molecule has 0 saturated heterocycles. The molecular weight excluding hydrogens is 412 g/mol. The third-order valence-electron chi connectivity index (χ3n) is 4.32. The maximum absolute atomic E-state index is 13.4. The highest BCUT2D eigenvalue weighted by atomic mass is 19.4. The Labute approximate surface area is 177 Å². The summed E-state index contributed by atoms with van der Waals surface area (Å²) in [7, 11) is 9.17. The third kappa shape index (κ3) is 5.24. The number of hydrogen-bond acceptors (Lipinski definition) is 6. The van der Waals surface area contributed by atoms with Gasteiger partial charge in [-0.1, -0.05) is 29.7 Å². The predicted molar refractivity (Wildman–Crippen MR) is 110 cm³/mol. The summed E-state index contributed by atoms with van der Waals surface area (Å²) in [5, 5.41) is 2.36. The number of pyridine rings is 1. The molecule has 0 bridgehead atoms. The second-order valence-electron chi connectivity index (χ2n) is 6.56. The number of benzene rings is 1. The Hall–Kier alpha value is -3.34. The fraction of sp³-hybridized carbons (Fsp3) is 0.250. The summed E-state index contributed by atoms with van der Waals surface area (Å²) in [6, 6.07) is 9.26. The summed E-state index contributed by atoms with van der Waals surface area (Å²) in [6.07, 6.45) is -3.59. The van der Waals surface area contributed by atoms with Gasteiger partial charge < -0.3 is 19.4 Å². The maximum atomic E-state index is 13.4. The van der Waals surface area contributed by atoms with Crippen LogP contribution in [0.25, 0.3) is 11.5 Å². The van der Waals surface area contributed by atoms with E-state index in [0.29, 0.717) is 19.0 Å². The lowest BCUT2D eigenvalue weighted by molar-refractivity contribution is -0.153. The SMILES string of the molecule is [B]c1ccccc1-c1nc(C(=O)Nc2ccc(N(C)CCOC)nc2)c(C(F)(F)F)o1. The van der Waals surface area contributed by atoms with Gasteiger partial charge in [0.1, 0.15) is 13.7 Å². The molecule has 7 nitrogen and oxygen atoms in total. The lowest BCUT2D eigenvalue weighted by atomic mass is 9.91. The molecule has 1 N–H and O–H groups in total. The number of likely N-dealkylation sites (N-methyl/N-ethyl adjacent to an activating group) is 1. The molecular formula is C20H18BF3N4O3. The number of methoxy groups -OCH3 is 1. The number of carbonyl (C=O) groups excluding carboxylic acids is 1. The van der Waals surface area contributed by atoms with Crippen LogP contribution in [-0.2, 0) is 10.9 Å². The molecule has 2 aromatic heterocycles. The molecule has 0 spiro atoms. The van der Waals surface area contributed by atoms with Gasteiger partial charge in [0.2, 0.25) is 11.7 Å². The van der Waals surface area contributed by atoms with Crippen LogP contribution in [0.2, 0.25) is 0 Å². The first-order chi connectivity index (χ1) is 14.7. The van der Waals surface area contributed by atoms with Gasteiger partial charge in [-0.15, -0.1) is 0 Å². The number of halogens is 3. The summed E-state index contributed by atoms with van der Waals surface area (Å²) in [6.45, 7) is 1.09. The lowest BCUT2D eigenvalue weighted by Gasteiger charge is -2.17. The van der Waals surface area contributed by atoms with Crippen LogP contribution < -0.4 is 15.7 Å². The van der Waals surface area contributed by atoms with Crippen molar-refractivity contribution in [2.75, 3.05) is 37.5 Å². The highest BCUT2D eigenvalue weighted by Gasteiger charge is 2.42. The predicted octanol–water partition coefficient (Wildman–Crippen LogP) is 2.88. The topological polar surface area (TPSA) is 80.5 Å². The quantitative estimate of drug-likeness (QED) is 0.581. The van der Waals surface area contributed by atoms with Crippen LogP contribution in [-0.4, -0.2) is 51.0 Å². The van der Waals surface area contributed by atoms with Crippen molar-refractivity contribution in [1.82, 2.24) is 9.97 Å². The Bertz CT molecular complexity index is 1050. The van der Waals surface area contributed by atoms with Gasteiger partial charge >= 0.3 is 6.18 Å². The molecule has 3 aromatic rings. The molecule has 0 fully saturated rings. The first kappa shape index (κ1) is 22.4. The smallest absolute Gasteiger partial charge is 0.431 e. The second-order valence-corrected chi connectivity index (χ2v) is 6.56. The minimum absolute atomic E-state index is 0.150. The molecule has 1 aromatic carbocycles. The minimum atomic E-state index is -4.92. The second kappa shape index (κ2) is 9.21. The largest absolute Gasteiger partial charge is 0.452 e. The Morgan fingerprint density at radius 3 is 2.61 bits per heavy atom. The number of ether oxygens (including phenoxy) is 1. The average molecular weight is 430 g/mol. The Balaban J connectivity index is 1.85. The van der Waals surface area contributed by atoms with E-state index in [4.69, 9.17) is 17.0 Å². The molecule has 2 radical (unpaired) electrons. The monoisotopic (exact) mass is 430 g/mol. The van der Waals surface area contributed by atoms with Gasteiger partial charge in [0, 0.05) is 26.3 Å². The van der Waals surface area contributed by atoms with E-state index in [1.807, 2.05) is 4.90 Å². The average Bonchev–Trinajstić information content (AvgIpc) is 3.19. The number of oxazole rings is 1. The number of carbonyl (C=O) groups is 1. The van der Waals surface area contributed by atoms with E-state index in [1.165, 1.54) is 24.4 Å². The normalized spacial score (nSPS) is 11.4. The van der Waals surface area contributed by atoms with Crippen molar-refractivity contribution in [2.45, 2.75) is 6.18 Å².